The second-order valence-electron chi connectivity index (χ2n) is 6.81. The Morgan fingerprint density at radius 1 is 1.21 bits per heavy atom. The number of aromatic nitrogens is 2. The molecule has 1 N–H and O–H groups in total. The van der Waals surface area contributed by atoms with Crippen molar-refractivity contribution in [1.82, 2.24) is 9.97 Å². The van der Waals surface area contributed by atoms with Crippen LogP contribution in [0.3, 0.4) is 0 Å². The van der Waals surface area contributed by atoms with Gasteiger partial charge in [0.1, 0.15) is 0 Å². The van der Waals surface area contributed by atoms with Gasteiger partial charge in [0.25, 0.3) is 0 Å². The minimum Gasteiger partial charge on any atom is -0.493 e. The molecule has 0 spiro atoms. The lowest BCUT2D eigenvalue weighted by molar-refractivity contribution is -0.120. The van der Waals surface area contributed by atoms with Gasteiger partial charge in [0, 0.05) is 42.7 Å². The number of hydrogen-bond donors (Lipinski definition) is 1. The summed E-state index contributed by atoms with van der Waals surface area (Å²) in [6.45, 7) is 5.96. The van der Waals surface area contributed by atoms with Crippen molar-refractivity contribution in [2.24, 2.45) is 5.92 Å². The predicted octanol–water partition coefficient (Wildman–Crippen LogP) is 3.08. The van der Waals surface area contributed by atoms with Gasteiger partial charge in [0.2, 0.25) is 11.9 Å². The molecule has 1 aromatic heterocycles. The molecule has 0 unspecified atom stereocenters. The molecule has 0 radical (unpaired) electrons. The summed E-state index contributed by atoms with van der Waals surface area (Å²) in [6.07, 6.45) is 4.11. The third-order valence-electron chi connectivity index (χ3n) is 5.21. The number of ether oxygens (including phenoxy) is 2. The fourth-order valence-corrected chi connectivity index (χ4v) is 3.54. The van der Waals surface area contributed by atoms with Gasteiger partial charge in [-0.3, -0.25) is 4.79 Å². The first-order valence-electron chi connectivity index (χ1n) is 9.72. The standard InChI is InChI=1S/C21H28N4O3/c1-5-25(6-2)21-22-13-15-11-14(7-9-17(15)24-21)20(26)23-16-8-10-18(27-3)19(12-16)28-4/h8,10,12-14H,5-7,9,11H2,1-4H3,(H,23,26)/t14-/m0/s1. The van der Waals surface area contributed by atoms with E-state index in [1.807, 2.05) is 12.3 Å². The first-order chi connectivity index (χ1) is 13.6. The van der Waals surface area contributed by atoms with Gasteiger partial charge in [-0.1, -0.05) is 0 Å². The van der Waals surface area contributed by atoms with E-state index in [1.165, 1.54) is 0 Å². The van der Waals surface area contributed by atoms with Crippen LogP contribution in [0.5, 0.6) is 11.5 Å². The average molecular weight is 384 g/mol. The Morgan fingerprint density at radius 3 is 2.64 bits per heavy atom. The molecule has 0 saturated heterocycles. The first-order valence-corrected chi connectivity index (χ1v) is 9.72. The molecule has 0 aliphatic heterocycles. The molecule has 3 rings (SSSR count). The zero-order valence-corrected chi connectivity index (χ0v) is 17.0. The van der Waals surface area contributed by atoms with Crippen molar-refractivity contribution in [3.05, 3.63) is 35.7 Å². The normalized spacial score (nSPS) is 15.5. The molecule has 0 saturated carbocycles. The van der Waals surface area contributed by atoms with Crippen LogP contribution in [0.25, 0.3) is 0 Å². The maximum atomic E-state index is 12.8. The number of hydrogen-bond acceptors (Lipinski definition) is 6. The fraction of sp³-hybridized carbons (Fsp3) is 0.476. The highest BCUT2D eigenvalue weighted by Crippen LogP contribution is 2.31. The number of nitrogens with one attached hydrogen (secondary N) is 1. The second-order valence-corrected chi connectivity index (χ2v) is 6.81. The molecule has 28 heavy (non-hydrogen) atoms. The molecular formula is C21H28N4O3. The van der Waals surface area contributed by atoms with Gasteiger partial charge >= 0.3 is 0 Å². The van der Waals surface area contributed by atoms with Gasteiger partial charge in [-0.25, -0.2) is 9.97 Å². The van der Waals surface area contributed by atoms with E-state index in [1.54, 1.807) is 26.4 Å². The highest BCUT2D eigenvalue weighted by molar-refractivity contribution is 5.93. The van der Waals surface area contributed by atoms with Crippen molar-refractivity contribution in [1.29, 1.82) is 0 Å². The van der Waals surface area contributed by atoms with Crippen LogP contribution in [0.1, 0.15) is 31.5 Å². The number of anilines is 2. The zero-order valence-electron chi connectivity index (χ0n) is 17.0. The quantitative estimate of drug-likeness (QED) is 0.791. The van der Waals surface area contributed by atoms with Crippen LogP contribution in [-0.4, -0.2) is 43.2 Å². The summed E-state index contributed by atoms with van der Waals surface area (Å²) in [5, 5.41) is 2.99. The van der Waals surface area contributed by atoms with Gasteiger partial charge in [-0.2, -0.15) is 0 Å². The molecule has 150 valence electrons. The Morgan fingerprint density at radius 2 is 1.96 bits per heavy atom. The topological polar surface area (TPSA) is 76.6 Å². The Balaban J connectivity index is 1.69. The van der Waals surface area contributed by atoms with E-state index >= 15 is 0 Å². The number of carbonyl (C=O) groups excluding carboxylic acids is 1. The van der Waals surface area contributed by atoms with Crippen LogP contribution in [0.15, 0.2) is 24.4 Å². The van der Waals surface area contributed by atoms with Crippen LogP contribution in [0, 0.1) is 5.92 Å². The SMILES string of the molecule is CCN(CC)c1ncc2c(n1)CC[C@H](C(=O)Nc1ccc(OC)c(OC)c1)C2. The monoisotopic (exact) mass is 384 g/mol. The molecule has 7 heteroatoms. The highest BCUT2D eigenvalue weighted by Gasteiger charge is 2.26. The smallest absolute Gasteiger partial charge is 0.227 e. The van der Waals surface area contributed by atoms with Gasteiger partial charge in [0.15, 0.2) is 11.5 Å². The van der Waals surface area contributed by atoms with Crippen LogP contribution in [0.2, 0.25) is 0 Å². The van der Waals surface area contributed by atoms with E-state index in [9.17, 15) is 4.79 Å². The third-order valence-corrected chi connectivity index (χ3v) is 5.21. The predicted molar refractivity (Wildman–Crippen MR) is 109 cm³/mol. The summed E-state index contributed by atoms with van der Waals surface area (Å²) in [4.78, 5) is 24.1. The maximum absolute atomic E-state index is 12.8. The lowest BCUT2D eigenvalue weighted by Crippen LogP contribution is -2.30. The average Bonchev–Trinajstić information content (AvgIpc) is 2.74. The highest BCUT2D eigenvalue weighted by atomic mass is 16.5. The van der Waals surface area contributed by atoms with Crippen molar-refractivity contribution in [2.45, 2.75) is 33.1 Å². The van der Waals surface area contributed by atoms with Gasteiger partial charge in [-0.05, 0) is 50.8 Å². The van der Waals surface area contributed by atoms with Crippen molar-refractivity contribution in [3.8, 4) is 11.5 Å². The minimum atomic E-state index is -0.0940. The number of methoxy groups -OCH3 is 2. The Kier molecular flexibility index (Phi) is 6.34. The van der Waals surface area contributed by atoms with Crippen LogP contribution in [0.4, 0.5) is 11.6 Å². The third kappa shape index (κ3) is 4.18. The molecule has 1 aliphatic rings. The maximum Gasteiger partial charge on any atom is 0.227 e. The molecule has 0 fully saturated rings. The number of nitrogens with zero attached hydrogens (tertiary/aromatic N) is 3. The Labute approximate surface area is 166 Å². The number of carbonyl (C=O) groups is 1. The molecular weight excluding hydrogens is 356 g/mol. The van der Waals surface area contributed by atoms with E-state index < -0.39 is 0 Å². The largest absolute Gasteiger partial charge is 0.493 e. The lowest BCUT2D eigenvalue weighted by atomic mass is 9.86. The van der Waals surface area contributed by atoms with E-state index in [0.717, 1.165) is 43.1 Å². The minimum absolute atomic E-state index is 0.00527. The summed E-state index contributed by atoms with van der Waals surface area (Å²) >= 11 is 0. The van der Waals surface area contributed by atoms with E-state index in [0.29, 0.717) is 23.6 Å². The number of rotatable bonds is 7. The number of fused-ring (bicyclic) bond motifs is 1. The van der Waals surface area contributed by atoms with Crippen molar-refractivity contribution < 1.29 is 14.3 Å². The molecule has 7 nitrogen and oxygen atoms in total. The van der Waals surface area contributed by atoms with Crippen molar-refractivity contribution in [2.75, 3.05) is 37.5 Å². The number of aryl methyl sites for hydroxylation is 1. The fourth-order valence-electron chi connectivity index (χ4n) is 3.54. The van der Waals surface area contributed by atoms with Crippen molar-refractivity contribution in [3.63, 3.8) is 0 Å². The van der Waals surface area contributed by atoms with Gasteiger partial charge in [0.05, 0.1) is 14.2 Å². The lowest BCUT2D eigenvalue weighted by Gasteiger charge is -2.25. The summed E-state index contributed by atoms with van der Waals surface area (Å²) in [5.74, 6) is 1.91. The van der Waals surface area contributed by atoms with E-state index in [-0.39, 0.29) is 11.8 Å². The summed E-state index contributed by atoms with van der Waals surface area (Å²) in [6, 6.07) is 5.37. The summed E-state index contributed by atoms with van der Waals surface area (Å²) in [5.41, 5.74) is 2.82. The summed E-state index contributed by atoms with van der Waals surface area (Å²) < 4.78 is 10.5. The van der Waals surface area contributed by atoms with Crippen LogP contribution >= 0.6 is 0 Å². The molecule has 1 atom stereocenters. The first kappa shape index (κ1) is 19.9. The van der Waals surface area contributed by atoms with Crippen LogP contribution in [-0.2, 0) is 17.6 Å². The molecule has 1 aromatic carbocycles. The van der Waals surface area contributed by atoms with E-state index in [4.69, 9.17) is 14.5 Å². The molecule has 1 heterocycles. The summed E-state index contributed by atoms with van der Waals surface area (Å²) in [7, 11) is 3.16. The molecule has 0 bridgehead atoms. The second kappa shape index (κ2) is 8.91. The Hall–Kier alpha value is -2.83. The molecule has 1 amide bonds. The van der Waals surface area contributed by atoms with E-state index in [2.05, 4.69) is 29.0 Å². The van der Waals surface area contributed by atoms with Gasteiger partial charge < -0.3 is 19.7 Å². The number of amides is 1. The zero-order chi connectivity index (χ0) is 20.1. The number of benzene rings is 1. The molecule has 2 aromatic rings. The van der Waals surface area contributed by atoms with Crippen LogP contribution < -0.4 is 19.7 Å². The van der Waals surface area contributed by atoms with Gasteiger partial charge in [-0.15, -0.1) is 0 Å². The Bertz CT molecular complexity index is 836. The van der Waals surface area contributed by atoms with Crippen molar-refractivity contribution >= 4 is 17.5 Å². The molecule has 1 aliphatic carbocycles.